The SMILES string of the molecule is Cc1nc(C(F)F)cc(CO)c1CCl. The molecule has 1 aromatic rings. The number of hydrogen-bond acceptors (Lipinski definition) is 2. The molecule has 78 valence electrons. The van der Waals surface area contributed by atoms with Gasteiger partial charge in [0.05, 0.1) is 6.61 Å². The molecule has 14 heavy (non-hydrogen) atoms. The fraction of sp³-hybridized carbons (Fsp3) is 0.444. The minimum absolute atomic E-state index is 0.165. The zero-order chi connectivity index (χ0) is 10.7. The van der Waals surface area contributed by atoms with E-state index in [0.717, 1.165) is 0 Å². The highest BCUT2D eigenvalue weighted by molar-refractivity contribution is 6.17. The predicted molar refractivity (Wildman–Crippen MR) is 49.4 cm³/mol. The van der Waals surface area contributed by atoms with Crippen molar-refractivity contribution in [1.29, 1.82) is 0 Å². The topological polar surface area (TPSA) is 33.1 Å². The molecule has 0 unspecified atom stereocenters. The Morgan fingerprint density at radius 2 is 2.21 bits per heavy atom. The van der Waals surface area contributed by atoms with Gasteiger partial charge in [0.1, 0.15) is 5.69 Å². The van der Waals surface area contributed by atoms with Gasteiger partial charge in [0.15, 0.2) is 0 Å². The minimum atomic E-state index is -2.62. The van der Waals surface area contributed by atoms with Crippen LogP contribution in [0.4, 0.5) is 8.78 Å². The maximum atomic E-state index is 12.3. The molecule has 5 heteroatoms. The van der Waals surface area contributed by atoms with Crippen molar-refractivity contribution in [2.24, 2.45) is 0 Å². The largest absolute Gasteiger partial charge is 0.392 e. The van der Waals surface area contributed by atoms with Gasteiger partial charge in [0.2, 0.25) is 0 Å². The fourth-order valence-electron chi connectivity index (χ4n) is 1.23. The van der Waals surface area contributed by atoms with Gasteiger partial charge in [-0.25, -0.2) is 8.78 Å². The van der Waals surface area contributed by atoms with Crippen LogP contribution in [0.5, 0.6) is 0 Å². The van der Waals surface area contributed by atoms with Crippen molar-refractivity contribution >= 4 is 11.6 Å². The Morgan fingerprint density at radius 3 is 2.64 bits per heavy atom. The maximum absolute atomic E-state index is 12.3. The normalized spacial score (nSPS) is 11.0. The van der Waals surface area contributed by atoms with Crippen molar-refractivity contribution in [1.82, 2.24) is 4.98 Å². The Morgan fingerprint density at radius 1 is 1.57 bits per heavy atom. The van der Waals surface area contributed by atoms with E-state index >= 15 is 0 Å². The molecule has 0 fully saturated rings. The van der Waals surface area contributed by atoms with Crippen LogP contribution >= 0.6 is 11.6 Å². The summed E-state index contributed by atoms with van der Waals surface area (Å²) in [4.78, 5) is 3.71. The Bertz CT molecular complexity index is 331. The molecule has 1 heterocycles. The Labute approximate surface area is 85.5 Å². The number of alkyl halides is 3. The zero-order valence-corrected chi connectivity index (χ0v) is 8.35. The van der Waals surface area contributed by atoms with Gasteiger partial charge in [0, 0.05) is 11.6 Å². The fourth-order valence-corrected chi connectivity index (χ4v) is 1.59. The molecule has 0 aromatic carbocycles. The van der Waals surface area contributed by atoms with Crippen molar-refractivity contribution in [2.45, 2.75) is 25.8 Å². The van der Waals surface area contributed by atoms with Crippen molar-refractivity contribution < 1.29 is 13.9 Å². The van der Waals surface area contributed by atoms with Gasteiger partial charge in [0.25, 0.3) is 6.43 Å². The summed E-state index contributed by atoms with van der Waals surface area (Å²) >= 11 is 5.61. The van der Waals surface area contributed by atoms with E-state index < -0.39 is 6.43 Å². The standard InChI is InChI=1S/C9H10ClF2NO/c1-5-7(3-10)6(4-14)2-8(13-5)9(11)12/h2,9,14H,3-4H2,1H3. The van der Waals surface area contributed by atoms with Crippen LogP contribution in [0.25, 0.3) is 0 Å². The highest BCUT2D eigenvalue weighted by atomic mass is 35.5. The van der Waals surface area contributed by atoms with Crippen molar-refractivity contribution in [3.05, 3.63) is 28.6 Å². The smallest absolute Gasteiger partial charge is 0.280 e. The molecule has 0 radical (unpaired) electrons. The first-order valence-corrected chi connectivity index (χ1v) is 4.57. The molecule has 0 atom stereocenters. The Hall–Kier alpha value is -0.740. The number of rotatable bonds is 3. The van der Waals surface area contributed by atoms with Gasteiger partial charge in [-0.2, -0.15) is 0 Å². The predicted octanol–water partition coefficient (Wildman–Crippen LogP) is 2.56. The summed E-state index contributed by atoms with van der Waals surface area (Å²) in [6, 6.07) is 1.19. The van der Waals surface area contributed by atoms with Crippen LogP contribution < -0.4 is 0 Å². The summed E-state index contributed by atoms with van der Waals surface area (Å²) in [7, 11) is 0. The van der Waals surface area contributed by atoms with Crippen LogP contribution in [-0.4, -0.2) is 10.1 Å². The maximum Gasteiger partial charge on any atom is 0.280 e. The van der Waals surface area contributed by atoms with E-state index in [9.17, 15) is 8.78 Å². The van der Waals surface area contributed by atoms with E-state index in [4.69, 9.17) is 16.7 Å². The second kappa shape index (κ2) is 4.66. The molecule has 0 aliphatic rings. The van der Waals surface area contributed by atoms with E-state index in [1.807, 2.05) is 0 Å². The van der Waals surface area contributed by atoms with E-state index in [2.05, 4.69) is 4.98 Å². The summed E-state index contributed by atoms with van der Waals surface area (Å²) < 4.78 is 24.6. The van der Waals surface area contributed by atoms with Crippen molar-refractivity contribution in [3.8, 4) is 0 Å². The third kappa shape index (κ3) is 2.19. The quantitative estimate of drug-likeness (QED) is 0.796. The Kier molecular flexibility index (Phi) is 3.77. The summed E-state index contributed by atoms with van der Waals surface area (Å²) in [5.41, 5.74) is 1.17. The molecular weight excluding hydrogens is 212 g/mol. The molecule has 0 aliphatic heterocycles. The third-order valence-electron chi connectivity index (χ3n) is 1.97. The van der Waals surface area contributed by atoms with E-state index in [1.54, 1.807) is 6.92 Å². The monoisotopic (exact) mass is 221 g/mol. The molecule has 1 N–H and O–H groups in total. The number of hydrogen-bond donors (Lipinski definition) is 1. The zero-order valence-electron chi connectivity index (χ0n) is 7.60. The number of aryl methyl sites for hydroxylation is 1. The molecule has 0 spiro atoms. The lowest BCUT2D eigenvalue weighted by atomic mass is 10.1. The number of pyridine rings is 1. The number of aromatic nitrogens is 1. The number of aliphatic hydroxyl groups is 1. The second-order valence-electron chi connectivity index (χ2n) is 2.86. The van der Waals surface area contributed by atoms with Crippen molar-refractivity contribution in [3.63, 3.8) is 0 Å². The van der Waals surface area contributed by atoms with Crippen LogP contribution in [0.15, 0.2) is 6.07 Å². The molecule has 1 rings (SSSR count). The van der Waals surface area contributed by atoms with Crippen LogP contribution in [-0.2, 0) is 12.5 Å². The highest BCUT2D eigenvalue weighted by Crippen LogP contribution is 2.22. The number of nitrogens with zero attached hydrogens (tertiary/aromatic N) is 1. The van der Waals surface area contributed by atoms with E-state index in [1.165, 1.54) is 6.07 Å². The molecule has 0 saturated heterocycles. The van der Waals surface area contributed by atoms with Crippen molar-refractivity contribution in [2.75, 3.05) is 0 Å². The molecule has 1 aromatic heterocycles. The summed E-state index contributed by atoms with van der Waals surface area (Å²) in [5.74, 6) is 0.165. The molecule has 0 saturated carbocycles. The Balaban J connectivity index is 3.24. The lowest BCUT2D eigenvalue weighted by Gasteiger charge is -2.10. The van der Waals surface area contributed by atoms with Gasteiger partial charge in [-0.3, -0.25) is 4.98 Å². The lowest BCUT2D eigenvalue weighted by molar-refractivity contribution is 0.145. The van der Waals surface area contributed by atoms with Crippen LogP contribution in [0.2, 0.25) is 0 Å². The van der Waals surface area contributed by atoms with Crippen LogP contribution in [0.3, 0.4) is 0 Å². The first kappa shape index (κ1) is 11.3. The molecule has 0 bridgehead atoms. The average Bonchev–Trinajstić information content (AvgIpc) is 2.16. The first-order valence-electron chi connectivity index (χ1n) is 4.04. The first-order chi connectivity index (χ1) is 6.60. The summed E-state index contributed by atoms with van der Waals surface area (Å²) in [6.45, 7) is 1.30. The molecular formula is C9H10ClF2NO. The van der Waals surface area contributed by atoms with Gasteiger partial charge < -0.3 is 5.11 Å². The highest BCUT2D eigenvalue weighted by Gasteiger charge is 2.14. The van der Waals surface area contributed by atoms with Gasteiger partial charge in [-0.15, -0.1) is 11.6 Å². The number of halogens is 3. The van der Waals surface area contributed by atoms with Crippen LogP contribution in [0.1, 0.15) is 28.9 Å². The third-order valence-corrected chi connectivity index (χ3v) is 2.24. The van der Waals surface area contributed by atoms with E-state index in [-0.39, 0.29) is 18.2 Å². The minimum Gasteiger partial charge on any atom is -0.392 e. The number of aliphatic hydroxyl groups excluding tert-OH is 1. The lowest BCUT2D eigenvalue weighted by Crippen LogP contribution is -2.02. The molecule has 2 nitrogen and oxygen atoms in total. The van der Waals surface area contributed by atoms with Gasteiger partial charge in [-0.1, -0.05) is 0 Å². The summed E-state index contributed by atoms with van der Waals surface area (Å²) in [5, 5.41) is 8.95. The molecule has 0 amide bonds. The second-order valence-corrected chi connectivity index (χ2v) is 3.13. The van der Waals surface area contributed by atoms with Gasteiger partial charge in [-0.05, 0) is 24.1 Å². The summed E-state index contributed by atoms with van der Waals surface area (Å²) in [6.07, 6.45) is -2.62. The van der Waals surface area contributed by atoms with Crippen LogP contribution in [0, 0.1) is 6.92 Å². The van der Waals surface area contributed by atoms with Gasteiger partial charge >= 0.3 is 0 Å². The molecule has 0 aliphatic carbocycles. The average molecular weight is 222 g/mol. The van der Waals surface area contributed by atoms with E-state index in [0.29, 0.717) is 16.8 Å².